The monoisotopic (exact) mass is 546 g/mol. The van der Waals surface area contributed by atoms with Crippen molar-refractivity contribution in [2.75, 3.05) is 0 Å². The molecular weight excluding hydrogens is 529 g/mol. The van der Waals surface area contributed by atoms with Crippen molar-refractivity contribution in [3.05, 3.63) is 79.3 Å². The largest absolute Gasteiger partial charge is 2.00 e. The Morgan fingerprint density at radius 2 is 1.57 bits per heavy atom. The van der Waals surface area contributed by atoms with Gasteiger partial charge in [0.15, 0.2) is 0 Å². The third-order valence-corrected chi connectivity index (χ3v) is 4.63. The number of nitriles is 1. The van der Waals surface area contributed by atoms with Gasteiger partial charge in [0.1, 0.15) is 11.6 Å². The summed E-state index contributed by atoms with van der Waals surface area (Å²) in [5.74, 6) is 1.88. The summed E-state index contributed by atoms with van der Waals surface area (Å²) in [4.78, 5) is 9.06. The van der Waals surface area contributed by atoms with Crippen molar-refractivity contribution in [3.8, 4) is 23.8 Å². The molecule has 5 aromatic rings. The van der Waals surface area contributed by atoms with Crippen LogP contribution in [0.15, 0.2) is 79.3 Å². The molecule has 0 unspecified atom stereocenters. The first-order chi connectivity index (χ1) is 13.3. The zero-order valence-corrected chi connectivity index (χ0v) is 17.4. The van der Waals surface area contributed by atoms with Crippen LogP contribution in [-0.4, -0.2) is 19.1 Å². The van der Waals surface area contributed by atoms with E-state index >= 15 is 0 Å². The summed E-state index contributed by atoms with van der Waals surface area (Å²) >= 11 is 0. The van der Waals surface area contributed by atoms with Crippen LogP contribution in [0.4, 0.5) is 0 Å². The molecule has 2 aromatic carbocycles. The number of benzene rings is 2. The number of fused-ring (bicyclic) bond motifs is 3. The molecule has 0 aliphatic heterocycles. The van der Waals surface area contributed by atoms with Gasteiger partial charge in [0.25, 0.3) is 0 Å². The van der Waals surface area contributed by atoms with E-state index < -0.39 is 0 Å². The number of hydrogen-bond acceptors (Lipinski definition) is 3. The number of aryl methyl sites for hydroxylation is 1. The number of nitrogens with zero attached hydrogens (tertiary/aromatic N) is 5. The van der Waals surface area contributed by atoms with Gasteiger partial charge >= 0.3 is 21.1 Å². The molecule has 0 fully saturated rings. The molecule has 0 saturated carbocycles. The summed E-state index contributed by atoms with van der Waals surface area (Å²) < 4.78 is 4.26. The first-order valence-electron chi connectivity index (χ1n) is 8.51. The zero-order chi connectivity index (χ0) is 18.8. The van der Waals surface area contributed by atoms with Crippen molar-refractivity contribution in [3.63, 3.8) is 0 Å². The van der Waals surface area contributed by atoms with Gasteiger partial charge in [-0.3, -0.25) is 4.57 Å². The molecule has 5 nitrogen and oxygen atoms in total. The molecule has 0 aliphatic rings. The fourth-order valence-electron chi connectivity index (χ4n) is 3.49. The second kappa shape index (κ2) is 8.20. The van der Waals surface area contributed by atoms with E-state index in [1.165, 1.54) is 10.8 Å². The first kappa shape index (κ1) is 19.5. The van der Waals surface area contributed by atoms with E-state index in [4.69, 9.17) is 5.26 Å². The smallest absolute Gasteiger partial charge is 0.334 e. The number of imidazole rings is 1. The van der Waals surface area contributed by atoms with Gasteiger partial charge in [0.05, 0.1) is 11.0 Å². The molecule has 0 spiro atoms. The maximum absolute atomic E-state index is 6.50. The third-order valence-electron chi connectivity index (χ3n) is 4.63. The van der Waals surface area contributed by atoms with E-state index in [9.17, 15) is 0 Å². The molecule has 3 aromatic heterocycles. The van der Waals surface area contributed by atoms with E-state index in [0.717, 1.165) is 28.2 Å². The quantitative estimate of drug-likeness (QED) is 0.322. The van der Waals surface area contributed by atoms with Gasteiger partial charge in [-0.15, -0.1) is 0 Å². The maximum atomic E-state index is 6.50. The maximum Gasteiger partial charge on any atom is 2.00 e. The van der Waals surface area contributed by atoms with Gasteiger partial charge in [0, 0.05) is 48.5 Å². The van der Waals surface area contributed by atoms with Gasteiger partial charge in [-0.2, -0.15) is 0 Å². The molecule has 0 radical (unpaired) electrons. The van der Waals surface area contributed by atoms with Gasteiger partial charge in [-0.25, -0.2) is 15.2 Å². The summed E-state index contributed by atoms with van der Waals surface area (Å²) in [7, 11) is 2.01. The minimum Gasteiger partial charge on any atom is -0.334 e. The summed E-state index contributed by atoms with van der Waals surface area (Å²) in [6.07, 6.45) is 5.63. The molecule has 0 saturated heterocycles. The Balaban J connectivity index is 0.000000728. The predicted molar refractivity (Wildman–Crippen MR) is 107 cm³/mol. The van der Waals surface area contributed by atoms with E-state index in [0.29, 0.717) is 0 Å². The van der Waals surface area contributed by atoms with E-state index in [1.807, 2.05) is 48.4 Å². The van der Waals surface area contributed by atoms with Crippen molar-refractivity contribution in [1.82, 2.24) is 19.1 Å². The summed E-state index contributed by atoms with van der Waals surface area (Å²) in [6.45, 7) is 3.50. The SMILES string of the molecule is C#N.Cn1ccnc1-c1ccc2c3ccccc3n(-c3ccccn3)c2c1.[Pt+2]. The molecule has 3 heterocycles. The van der Waals surface area contributed by atoms with Crippen LogP contribution < -0.4 is 0 Å². The third kappa shape index (κ3) is 3.13. The fourth-order valence-corrected chi connectivity index (χ4v) is 3.49. The van der Waals surface area contributed by atoms with Crippen molar-refractivity contribution >= 4 is 21.8 Å². The Bertz CT molecular complexity index is 1250. The van der Waals surface area contributed by atoms with Crippen LogP contribution in [0.5, 0.6) is 0 Å². The molecule has 0 amide bonds. The van der Waals surface area contributed by atoms with Crippen molar-refractivity contribution in [2.24, 2.45) is 7.05 Å². The van der Waals surface area contributed by atoms with Gasteiger partial charge < -0.3 is 4.57 Å². The Kier molecular flexibility index (Phi) is 5.72. The molecule has 5 rings (SSSR count). The van der Waals surface area contributed by atoms with Crippen LogP contribution in [-0.2, 0) is 28.1 Å². The zero-order valence-electron chi connectivity index (χ0n) is 15.1. The van der Waals surface area contributed by atoms with Gasteiger partial charge in [0.2, 0.25) is 0 Å². The first-order valence-corrected chi connectivity index (χ1v) is 8.51. The Morgan fingerprint density at radius 1 is 0.821 bits per heavy atom. The molecule has 138 valence electrons. The van der Waals surface area contributed by atoms with Crippen LogP contribution in [0.25, 0.3) is 39.0 Å². The Morgan fingerprint density at radius 3 is 2.29 bits per heavy atom. The molecule has 0 bridgehead atoms. The standard InChI is InChI=1S/C21H16N4.CHN.Pt/c1-24-13-12-23-21(24)15-9-10-17-16-6-2-3-7-18(16)25(19(17)14-15)20-8-4-5-11-22-20;1-2;/h2-14H,1H3;1H;/q;;+2. The van der Waals surface area contributed by atoms with E-state index in [2.05, 4.69) is 63.6 Å². The molecular formula is C22H17N5Pt+2. The normalized spacial score (nSPS) is 10.2. The number of rotatable bonds is 2. The van der Waals surface area contributed by atoms with Crippen LogP contribution in [0.2, 0.25) is 0 Å². The molecule has 6 heteroatoms. The van der Waals surface area contributed by atoms with Crippen LogP contribution in [0.3, 0.4) is 0 Å². The number of aromatic nitrogens is 4. The topological polar surface area (TPSA) is 59.4 Å². The summed E-state index contributed by atoms with van der Waals surface area (Å²) in [5, 5.41) is 8.95. The minimum atomic E-state index is 0. The van der Waals surface area contributed by atoms with E-state index in [1.54, 1.807) is 0 Å². The molecule has 0 atom stereocenters. The summed E-state index contributed by atoms with van der Waals surface area (Å²) in [6, 6.07) is 21.0. The average Bonchev–Trinajstić information content (AvgIpc) is 3.30. The van der Waals surface area contributed by atoms with Crippen molar-refractivity contribution in [1.29, 1.82) is 5.26 Å². The summed E-state index contributed by atoms with van der Waals surface area (Å²) in [5.41, 5.74) is 3.40. The number of hydrogen-bond donors (Lipinski definition) is 0. The van der Waals surface area contributed by atoms with Gasteiger partial charge in [-0.05, 0) is 24.3 Å². The second-order valence-corrected chi connectivity index (χ2v) is 6.13. The van der Waals surface area contributed by atoms with Crippen LogP contribution in [0.1, 0.15) is 0 Å². The molecule has 0 N–H and O–H groups in total. The Hall–Kier alpha value is -3.22. The van der Waals surface area contributed by atoms with Crippen LogP contribution in [0, 0.1) is 11.8 Å². The number of para-hydroxylation sites is 1. The number of pyridine rings is 1. The van der Waals surface area contributed by atoms with Crippen molar-refractivity contribution in [2.45, 2.75) is 0 Å². The van der Waals surface area contributed by atoms with Crippen molar-refractivity contribution < 1.29 is 21.1 Å². The second-order valence-electron chi connectivity index (χ2n) is 6.13. The minimum absolute atomic E-state index is 0. The molecule has 0 aliphatic carbocycles. The van der Waals surface area contributed by atoms with Gasteiger partial charge in [-0.1, -0.05) is 36.4 Å². The van der Waals surface area contributed by atoms with E-state index in [-0.39, 0.29) is 21.1 Å². The van der Waals surface area contributed by atoms with Crippen LogP contribution >= 0.6 is 0 Å². The molecule has 28 heavy (non-hydrogen) atoms. The fraction of sp³-hybridized carbons (Fsp3) is 0.0455. The predicted octanol–water partition coefficient (Wildman–Crippen LogP) is 4.72. The average molecular weight is 546 g/mol. The Labute approximate surface area is 177 Å².